The lowest BCUT2D eigenvalue weighted by Crippen LogP contribution is -2.30. The number of ether oxygens (including phenoxy) is 1. The van der Waals surface area contributed by atoms with Crippen molar-refractivity contribution in [3.63, 3.8) is 0 Å². The zero-order valence-corrected chi connectivity index (χ0v) is 13.3. The van der Waals surface area contributed by atoms with E-state index in [0.717, 1.165) is 12.0 Å². The Labute approximate surface area is 131 Å². The summed E-state index contributed by atoms with van der Waals surface area (Å²) in [6.07, 6.45) is 4.12. The number of aliphatic hydroxyl groups is 1. The maximum atomic E-state index is 13.0. The first-order chi connectivity index (χ1) is 10.1. The second-order valence-corrected chi connectivity index (χ2v) is 5.58. The van der Waals surface area contributed by atoms with Crippen molar-refractivity contribution in [1.29, 1.82) is 0 Å². The van der Waals surface area contributed by atoms with Crippen molar-refractivity contribution in [2.45, 2.75) is 45.3 Å². The number of benzene rings is 1. The Morgan fingerprint density at radius 2 is 2.14 bits per heavy atom. The summed E-state index contributed by atoms with van der Waals surface area (Å²) in [5, 5.41) is 13.0. The molecule has 1 aromatic carbocycles. The third kappa shape index (κ3) is 8.37. The molecule has 0 aromatic heterocycles. The Hall–Kier alpha value is -0.680. The maximum Gasteiger partial charge on any atom is 0.141 e. The fourth-order valence-corrected chi connectivity index (χ4v) is 2.15. The van der Waals surface area contributed by atoms with Crippen LogP contribution in [0.5, 0.6) is 0 Å². The highest BCUT2D eigenvalue weighted by Crippen LogP contribution is 2.15. The average Bonchev–Trinajstić information content (AvgIpc) is 2.46. The average molecular weight is 318 g/mol. The lowest BCUT2D eigenvalue weighted by atomic mass is 10.2. The summed E-state index contributed by atoms with van der Waals surface area (Å²) in [5.41, 5.74) is 0.883. The number of rotatable bonds is 11. The normalized spacial score (nSPS) is 12.6. The molecule has 1 atom stereocenters. The van der Waals surface area contributed by atoms with Crippen LogP contribution in [0.1, 0.15) is 38.2 Å². The van der Waals surface area contributed by atoms with Gasteiger partial charge in [0.05, 0.1) is 17.7 Å². The number of hydrogen-bond acceptors (Lipinski definition) is 3. The minimum Gasteiger partial charge on any atom is -0.389 e. The highest BCUT2D eigenvalue weighted by Gasteiger charge is 2.05. The number of hydrogen-bond donors (Lipinski definition) is 2. The molecule has 3 nitrogen and oxygen atoms in total. The quantitative estimate of drug-likeness (QED) is 0.614. The van der Waals surface area contributed by atoms with Crippen molar-refractivity contribution in [2.75, 3.05) is 19.8 Å². The molecule has 1 rings (SSSR count). The number of aliphatic hydroxyl groups excluding tert-OH is 1. The third-order valence-electron chi connectivity index (χ3n) is 3.15. The van der Waals surface area contributed by atoms with Gasteiger partial charge in [-0.3, -0.25) is 0 Å². The molecular weight excluding hydrogens is 293 g/mol. The van der Waals surface area contributed by atoms with Gasteiger partial charge in [-0.1, -0.05) is 43.9 Å². The van der Waals surface area contributed by atoms with Crippen molar-refractivity contribution in [1.82, 2.24) is 5.32 Å². The maximum absolute atomic E-state index is 13.0. The largest absolute Gasteiger partial charge is 0.389 e. The smallest absolute Gasteiger partial charge is 0.141 e. The predicted molar refractivity (Wildman–Crippen MR) is 84.1 cm³/mol. The summed E-state index contributed by atoms with van der Waals surface area (Å²) in [6.45, 7) is 4.18. The predicted octanol–water partition coefficient (Wildman–Crippen LogP) is 3.53. The van der Waals surface area contributed by atoms with E-state index in [1.54, 1.807) is 12.1 Å². The molecule has 0 fully saturated rings. The molecule has 0 aliphatic rings. The molecule has 0 bridgehead atoms. The molecule has 0 aliphatic heterocycles. The highest BCUT2D eigenvalue weighted by atomic mass is 35.5. The van der Waals surface area contributed by atoms with Crippen LogP contribution in [0.4, 0.5) is 4.39 Å². The van der Waals surface area contributed by atoms with Crippen LogP contribution in [0, 0.1) is 5.82 Å². The lowest BCUT2D eigenvalue weighted by molar-refractivity contribution is 0.0353. The molecule has 5 heteroatoms. The van der Waals surface area contributed by atoms with Gasteiger partial charge < -0.3 is 15.2 Å². The molecule has 120 valence electrons. The topological polar surface area (TPSA) is 41.5 Å². The van der Waals surface area contributed by atoms with E-state index in [9.17, 15) is 9.50 Å². The van der Waals surface area contributed by atoms with Crippen LogP contribution >= 0.6 is 11.6 Å². The van der Waals surface area contributed by atoms with E-state index in [-0.39, 0.29) is 5.02 Å². The second kappa shape index (κ2) is 11.0. The minimum absolute atomic E-state index is 0.116. The molecule has 1 aromatic rings. The first kappa shape index (κ1) is 18.4. The van der Waals surface area contributed by atoms with Gasteiger partial charge in [-0.25, -0.2) is 4.39 Å². The second-order valence-electron chi connectivity index (χ2n) is 5.17. The van der Waals surface area contributed by atoms with Gasteiger partial charge in [0.15, 0.2) is 0 Å². The van der Waals surface area contributed by atoms with Gasteiger partial charge >= 0.3 is 0 Å². The van der Waals surface area contributed by atoms with Gasteiger partial charge in [-0.05, 0) is 24.1 Å². The molecule has 0 heterocycles. The molecule has 21 heavy (non-hydrogen) atoms. The summed E-state index contributed by atoms with van der Waals surface area (Å²) >= 11 is 5.70. The van der Waals surface area contributed by atoms with Crippen LogP contribution in [0.15, 0.2) is 18.2 Å². The Balaban J connectivity index is 2.07. The number of unbranched alkanes of at least 4 members (excludes halogenated alkanes) is 3. The molecule has 2 N–H and O–H groups in total. The fraction of sp³-hybridized carbons (Fsp3) is 0.625. The molecule has 0 aliphatic carbocycles. The molecule has 0 radical (unpaired) electrons. The zero-order chi connectivity index (χ0) is 15.5. The number of nitrogens with one attached hydrogen (secondary N) is 1. The van der Waals surface area contributed by atoms with Gasteiger partial charge in [0.1, 0.15) is 5.82 Å². The lowest BCUT2D eigenvalue weighted by Gasteiger charge is -2.12. The fourth-order valence-electron chi connectivity index (χ4n) is 1.94. The van der Waals surface area contributed by atoms with Crippen molar-refractivity contribution in [3.8, 4) is 0 Å². The Bertz CT molecular complexity index is 404. The van der Waals surface area contributed by atoms with Gasteiger partial charge in [0.25, 0.3) is 0 Å². The summed E-state index contributed by atoms with van der Waals surface area (Å²) in [7, 11) is 0. The van der Waals surface area contributed by atoms with E-state index in [1.165, 1.54) is 25.3 Å². The Morgan fingerprint density at radius 1 is 1.33 bits per heavy atom. The van der Waals surface area contributed by atoms with E-state index in [0.29, 0.717) is 26.3 Å². The molecular formula is C16H25ClFNO2. The molecule has 0 spiro atoms. The molecule has 0 saturated carbocycles. The van der Waals surface area contributed by atoms with E-state index in [1.807, 2.05) is 0 Å². The van der Waals surface area contributed by atoms with Crippen molar-refractivity contribution < 1.29 is 14.2 Å². The summed E-state index contributed by atoms with van der Waals surface area (Å²) < 4.78 is 18.4. The summed E-state index contributed by atoms with van der Waals surface area (Å²) in [6, 6.07) is 4.60. The van der Waals surface area contributed by atoms with Crippen LogP contribution in [-0.4, -0.2) is 31.0 Å². The number of halogens is 2. The monoisotopic (exact) mass is 317 g/mol. The summed E-state index contributed by atoms with van der Waals surface area (Å²) in [4.78, 5) is 0. The Morgan fingerprint density at radius 3 is 2.86 bits per heavy atom. The van der Waals surface area contributed by atoms with Crippen LogP contribution in [0.3, 0.4) is 0 Å². The van der Waals surface area contributed by atoms with Crippen molar-refractivity contribution in [2.24, 2.45) is 0 Å². The van der Waals surface area contributed by atoms with Crippen molar-refractivity contribution in [3.05, 3.63) is 34.6 Å². The summed E-state index contributed by atoms with van der Waals surface area (Å²) in [5.74, 6) is -0.420. The third-order valence-corrected chi connectivity index (χ3v) is 3.44. The first-order valence-electron chi connectivity index (χ1n) is 7.54. The first-order valence-corrected chi connectivity index (χ1v) is 7.91. The van der Waals surface area contributed by atoms with Crippen LogP contribution in [-0.2, 0) is 11.3 Å². The van der Waals surface area contributed by atoms with E-state index in [2.05, 4.69) is 12.2 Å². The van der Waals surface area contributed by atoms with Crippen LogP contribution in [0.2, 0.25) is 5.02 Å². The van der Waals surface area contributed by atoms with Gasteiger partial charge in [0, 0.05) is 19.7 Å². The van der Waals surface area contributed by atoms with Crippen molar-refractivity contribution >= 4 is 11.6 Å². The molecule has 0 amide bonds. The van der Waals surface area contributed by atoms with E-state index >= 15 is 0 Å². The molecule has 1 unspecified atom stereocenters. The van der Waals surface area contributed by atoms with Gasteiger partial charge in [-0.15, -0.1) is 0 Å². The van der Waals surface area contributed by atoms with Gasteiger partial charge in [-0.2, -0.15) is 0 Å². The zero-order valence-electron chi connectivity index (χ0n) is 12.6. The highest BCUT2D eigenvalue weighted by molar-refractivity contribution is 6.30. The van der Waals surface area contributed by atoms with Crippen LogP contribution in [0.25, 0.3) is 0 Å². The standard InChI is InChI=1S/C16H25ClFNO2/c1-2-3-4-5-8-21-12-14(20)11-19-10-13-6-7-16(18)15(17)9-13/h6-7,9,14,19-20H,2-5,8,10-12H2,1H3. The molecule has 0 saturated heterocycles. The minimum atomic E-state index is -0.535. The van der Waals surface area contributed by atoms with E-state index in [4.69, 9.17) is 16.3 Å². The SMILES string of the molecule is CCCCCCOCC(O)CNCc1ccc(F)c(Cl)c1. The Kier molecular flexibility index (Phi) is 9.59. The van der Waals surface area contributed by atoms with E-state index < -0.39 is 11.9 Å². The van der Waals surface area contributed by atoms with Crippen LogP contribution < -0.4 is 5.32 Å². The van der Waals surface area contributed by atoms with Gasteiger partial charge in [0.2, 0.25) is 0 Å².